The number of amides is 3. The quantitative estimate of drug-likeness (QED) is 0.325. The highest BCUT2D eigenvalue weighted by Crippen LogP contribution is 2.35. The molecule has 1 saturated heterocycles. The van der Waals surface area contributed by atoms with Gasteiger partial charge < -0.3 is 25.6 Å². The largest absolute Gasteiger partial charge is 0.439 e. The van der Waals surface area contributed by atoms with Crippen LogP contribution in [-0.4, -0.2) is 64.4 Å². The zero-order valence-corrected chi connectivity index (χ0v) is 23.2. The van der Waals surface area contributed by atoms with Gasteiger partial charge in [0.15, 0.2) is 0 Å². The molecule has 2 fully saturated rings. The van der Waals surface area contributed by atoms with Gasteiger partial charge in [-0.25, -0.2) is 14.8 Å². The number of aromatic nitrogens is 2. The van der Waals surface area contributed by atoms with Gasteiger partial charge in [0.05, 0.1) is 5.56 Å². The van der Waals surface area contributed by atoms with Gasteiger partial charge in [-0.3, -0.25) is 9.69 Å². The molecule has 42 heavy (non-hydrogen) atoms. The van der Waals surface area contributed by atoms with E-state index < -0.39 is 17.8 Å². The molecule has 5 rings (SSSR count). The maximum Gasteiger partial charge on any atom is 0.416 e. The lowest BCUT2D eigenvalue weighted by Gasteiger charge is -2.38. The summed E-state index contributed by atoms with van der Waals surface area (Å²) in [4.78, 5) is 36.8. The average Bonchev–Trinajstić information content (AvgIpc) is 3.78. The van der Waals surface area contributed by atoms with E-state index in [0.717, 1.165) is 25.5 Å². The van der Waals surface area contributed by atoms with Crippen molar-refractivity contribution in [3.8, 4) is 11.6 Å². The fourth-order valence-corrected chi connectivity index (χ4v) is 4.62. The van der Waals surface area contributed by atoms with Gasteiger partial charge in [0, 0.05) is 55.6 Å². The molecule has 1 aliphatic heterocycles. The molecular formula is C29H32F3N7O3. The van der Waals surface area contributed by atoms with E-state index >= 15 is 0 Å². The van der Waals surface area contributed by atoms with Gasteiger partial charge in [-0.15, -0.1) is 0 Å². The molecule has 3 N–H and O–H groups in total. The topological polar surface area (TPSA) is 112 Å². The molecule has 2 aromatic carbocycles. The molecule has 3 amide bonds. The van der Waals surface area contributed by atoms with E-state index in [2.05, 4.69) is 37.7 Å². The molecule has 1 unspecified atom stereocenters. The molecule has 2 heterocycles. The van der Waals surface area contributed by atoms with Gasteiger partial charge in [0.1, 0.15) is 17.9 Å². The van der Waals surface area contributed by atoms with E-state index in [1.54, 1.807) is 24.3 Å². The Bertz CT molecular complexity index is 1430. The lowest BCUT2D eigenvalue weighted by atomic mass is 10.0. The van der Waals surface area contributed by atoms with E-state index in [1.807, 2.05) is 11.9 Å². The number of rotatable bonds is 8. The highest BCUT2D eigenvalue weighted by atomic mass is 19.4. The van der Waals surface area contributed by atoms with Gasteiger partial charge in [-0.2, -0.15) is 13.2 Å². The number of hydrogen-bond acceptors (Lipinski definition) is 7. The summed E-state index contributed by atoms with van der Waals surface area (Å²) in [7, 11) is 2.01. The Labute approximate surface area is 241 Å². The fraction of sp³-hybridized carbons (Fsp3) is 0.379. The van der Waals surface area contributed by atoms with E-state index in [-0.39, 0.29) is 41.5 Å². The van der Waals surface area contributed by atoms with Crippen molar-refractivity contribution in [3.05, 3.63) is 66.0 Å². The third-order valence-electron chi connectivity index (χ3n) is 7.29. The smallest absolute Gasteiger partial charge is 0.416 e. The molecule has 10 nitrogen and oxygen atoms in total. The number of likely N-dealkylation sites (N-methyl/N-ethyl adjacent to an activating group) is 1. The number of nitrogens with zero attached hydrogens (tertiary/aromatic N) is 4. The minimum Gasteiger partial charge on any atom is -0.439 e. The number of anilines is 3. The van der Waals surface area contributed by atoms with Crippen LogP contribution in [0.3, 0.4) is 0 Å². The van der Waals surface area contributed by atoms with Crippen LogP contribution in [0, 0.1) is 5.92 Å². The summed E-state index contributed by atoms with van der Waals surface area (Å²) in [5.41, 5.74) is -0.171. The number of carbonyl (C=O) groups excluding carboxylic acids is 2. The first-order chi connectivity index (χ1) is 20.0. The van der Waals surface area contributed by atoms with E-state index in [0.29, 0.717) is 30.3 Å². The summed E-state index contributed by atoms with van der Waals surface area (Å²) < 4.78 is 47.5. The Morgan fingerprint density at radius 1 is 0.976 bits per heavy atom. The molecule has 1 aliphatic carbocycles. The predicted molar refractivity (Wildman–Crippen MR) is 151 cm³/mol. The summed E-state index contributed by atoms with van der Waals surface area (Å²) in [5, 5.41) is 7.81. The van der Waals surface area contributed by atoms with Crippen LogP contribution in [0.1, 0.15) is 30.9 Å². The summed E-state index contributed by atoms with van der Waals surface area (Å²) in [5.74, 6) is 0.922. The normalized spacial score (nSPS) is 17.9. The van der Waals surface area contributed by atoms with E-state index in [1.165, 1.54) is 24.5 Å². The molecule has 2 aliphatic rings. The molecule has 1 atom stereocenters. The van der Waals surface area contributed by atoms with Crippen molar-refractivity contribution in [2.24, 2.45) is 5.92 Å². The first-order valence-corrected chi connectivity index (χ1v) is 13.6. The minimum atomic E-state index is -4.56. The summed E-state index contributed by atoms with van der Waals surface area (Å²) >= 11 is 0. The van der Waals surface area contributed by atoms with Crippen molar-refractivity contribution in [2.45, 2.75) is 38.5 Å². The van der Waals surface area contributed by atoms with Crippen molar-refractivity contribution in [3.63, 3.8) is 0 Å². The molecular weight excluding hydrogens is 551 g/mol. The number of alkyl halides is 3. The Morgan fingerprint density at radius 2 is 1.69 bits per heavy atom. The van der Waals surface area contributed by atoms with Crippen LogP contribution < -0.4 is 20.7 Å². The number of hydrogen-bond donors (Lipinski definition) is 3. The lowest BCUT2D eigenvalue weighted by Crippen LogP contribution is -2.49. The fourth-order valence-electron chi connectivity index (χ4n) is 4.62. The van der Waals surface area contributed by atoms with Crippen LogP contribution in [-0.2, 0) is 17.5 Å². The second-order valence-corrected chi connectivity index (χ2v) is 10.6. The molecule has 0 radical (unpaired) electrons. The molecule has 1 aromatic heterocycles. The van der Waals surface area contributed by atoms with Crippen LogP contribution in [0.5, 0.6) is 11.6 Å². The molecule has 1 saturated carbocycles. The Kier molecular flexibility index (Phi) is 8.59. The lowest BCUT2D eigenvalue weighted by molar-refractivity contribution is -0.138. The van der Waals surface area contributed by atoms with E-state index in [9.17, 15) is 22.8 Å². The van der Waals surface area contributed by atoms with Crippen molar-refractivity contribution >= 4 is 29.1 Å². The van der Waals surface area contributed by atoms with Crippen LogP contribution in [0.15, 0.2) is 54.9 Å². The van der Waals surface area contributed by atoms with Crippen molar-refractivity contribution in [1.82, 2.24) is 19.8 Å². The maximum atomic E-state index is 13.9. The summed E-state index contributed by atoms with van der Waals surface area (Å²) in [6.07, 6.45) is -1.54. The van der Waals surface area contributed by atoms with Crippen LogP contribution in [0.2, 0.25) is 0 Å². The highest BCUT2D eigenvalue weighted by molar-refractivity contribution is 5.99. The summed E-state index contributed by atoms with van der Waals surface area (Å²) in [6.45, 7) is 4.38. The van der Waals surface area contributed by atoms with Gasteiger partial charge in [0.25, 0.3) is 0 Å². The third kappa shape index (κ3) is 7.74. The van der Waals surface area contributed by atoms with Gasteiger partial charge in [0.2, 0.25) is 11.8 Å². The number of piperazine rings is 1. The van der Waals surface area contributed by atoms with Crippen molar-refractivity contribution in [1.29, 1.82) is 0 Å². The van der Waals surface area contributed by atoms with Gasteiger partial charge in [-0.1, -0.05) is 6.07 Å². The molecule has 13 heteroatoms. The van der Waals surface area contributed by atoms with Crippen LogP contribution in [0.4, 0.5) is 35.2 Å². The zero-order chi connectivity index (χ0) is 29.9. The second kappa shape index (κ2) is 12.3. The standard InChI is InChI=1S/C29H32F3N7O3/c1-18-15-39(12-11-38(18)2)16-20-5-6-22(13-24(20)29(30,31)32)36-28(41)35-21-7-9-23(10-8-21)42-26-14-25(33-17-34-26)37-27(40)19-3-4-19/h5-10,13-14,17-19H,3-4,11-12,15-16H2,1-2H3,(H2,35,36,41)(H,33,34,37,40). The first kappa shape index (κ1) is 29.3. The molecule has 0 spiro atoms. The Balaban J connectivity index is 1.17. The van der Waals surface area contributed by atoms with Gasteiger partial charge >= 0.3 is 12.2 Å². The van der Waals surface area contributed by atoms with E-state index in [4.69, 9.17) is 4.74 Å². The Morgan fingerprint density at radius 3 is 2.38 bits per heavy atom. The van der Waals surface area contributed by atoms with Gasteiger partial charge in [-0.05, 0) is 68.8 Å². The number of ether oxygens (including phenoxy) is 1. The number of urea groups is 1. The minimum absolute atomic E-state index is 0.0311. The summed E-state index contributed by atoms with van der Waals surface area (Å²) in [6, 6.07) is 11.3. The molecule has 0 bridgehead atoms. The predicted octanol–water partition coefficient (Wildman–Crippen LogP) is 5.42. The second-order valence-electron chi connectivity index (χ2n) is 10.6. The van der Waals surface area contributed by atoms with Crippen molar-refractivity contribution < 1.29 is 27.5 Å². The maximum absolute atomic E-state index is 13.9. The highest BCUT2D eigenvalue weighted by Gasteiger charge is 2.35. The van der Waals surface area contributed by atoms with Crippen LogP contribution >= 0.6 is 0 Å². The number of benzene rings is 2. The molecule has 222 valence electrons. The van der Waals surface area contributed by atoms with Crippen molar-refractivity contribution in [2.75, 3.05) is 42.6 Å². The SMILES string of the molecule is CC1CN(Cc2ccc(NC(=O)Nc3ccc(Oc4cc(NC(=O)C5CC5)ncn4)cc3)cc2C(F)(F)F)CCN1C. The Hall–Kier alpha value is -4.23. The molecule has 3 aromatic rings. The zero-order valence-electron chi connectivity index (χ0n) is 23.2. The monoisotopic (exact) mass is 583 g/mol. The average molecular weight is 584 g/mol. The number of carbonyl (C=O) groups is 2. The third-order valence-corrected chi connectivity index (χ3v) is 7.29. The number of halogens is 3. The number of nitrogens with one attached hydrogen (secondary N) is 3. The van der Waals surface area contributed by atoms with Crippen LogP contribution in [0.25, 0.3) is 0 Å². The first-order valence-electron chi connectivity index (χ1n) is 13.6.